The maximum absolute atomic E-state index is 14.6. The molecule has 5 aromatic heterocycles. The number of halogens is 1. The van der Waals surface area contributed by atoms with Crippen LogP contribution >= 0.6 is 15.9 Å². The molecule has 2 aliphatic heterocycles. The highest BCUT2D eigenvalue weighted by Gasteiger charge is 2.31. The Morgan fingerprint density at radius 3 is 2.61 bits per heavy atom. The molecule has 0 aliphatic carbocycles. The van der Waals surface area contributed by atoms with Crippen molar-refractivity contribution in [1.29, 1.82) is 0 Å². The summed E-state index contributed by atoms with van der Waals surface area (Å²) in [6.07, 6.45) is 4.72. The number of hydrogen-bond acceptors (Lipinski definition) is 13. The SMILES string of the molecule is C=C(CN(Cc1nc2ccc(C)cc2[nH]1)c1nc(N2CCNCC2)nc2c(Br)cnn12)C(=O)N1CCC[C@@H](n2nc(-c3ccc(Oc4ccccc4)cc3)c3c(N)ncnc32)C1. The number of piperidine rings is 1. The number of aromatic amines is 1. The van der Waals surface area contributed by atoms with Crippen LogP contribution in [0, 0.1) is 6.92 Å². The lowest BCUT2D eigenvalue weighted by molar-refractivity contribution is -0.128. The smallest absolute Gasteiger partial charge is 0.251 e. The summed E-state index contributed by atoms with van der Waals surface area (Å²) in [5.74, 6) is 3.44. The van der Waals surface area contributed by atoms with Crippen LogP contribution in [-0.2, 0) is 11.3 Å². The minimum atomic E-state index is -0.175. The van der Waals surface area contributed by atoms with Gasteiger partial charge in [0, 0.05) is 50.4 Å². The van der Waals surface area contributed by atoms with Gasteiger partial charge < -0.3 is 35.5 Å². The standard InChI is InChI=1S/C44H44BrN15O2/c1-27-10-15-34-35(21-27)52-36(51-34)25-58(44-54-43(56-19-16-47-17-20-56)53-40-33(45)22-50-60(40)44)23-28(2)42(61)57-18-6-7-30(24-57)59-41-37(39(46)48-26-49-41)38(55-59)29-11-13-32(14-12-29)62-31-8-4-3-5-9-31/h3-5,8-15,21-22,26,30,47H,2,6-7,16-20,23-25H2,1H3,(H,51,52)(H2,46,48,49)/t30-/m1/s1. The molecule has 1 atom stereocenters. The zero-order valence-corrected chi connectivity index (χ0v) is 35.7. The first-order valence-corrected chi connectivity index (χ1v) is 21.4. The van der Waals surface area contributed by atoms with Crippen LogP contribution in [0.1, 0.15) is 30.3 Å². The molecule has 62 heavy (non-hydrogen) atoms. The Bertz CT molecular complexity index is 2940. The largest absolute Gasteiger partial charge is 0.457 e. The Hall–Kier alpha value is -6.92. The van der Waals surface area contributed by atoms with Gasteiger partial charge in [-0.1, -0.05) is 30.8 Å². The summed E-state index contributed by atoms with van der Waals surface area (Å²) < 4.78 is 10.4. The second-order valence-electron chi connectivity index (χ2n) is 15.7. The predicted molar refractivity (Wildman–Crippen MR) is 241 cm³/mol. The monoisotopic (exact) mass is 893 g/mol. The zero-order chi connectivity index (χ0) is 42.3. The summed E-state index contributed by atoms with van der Waals surface area (Å²) in [4.78, 5) is 48.0. The van der Waals surface area contributed by atoms with Crippen LogP contribution in [0.2, 0.25) is 0 Å². The average Bonchev–Trinajstić information content (AvgIpc) is 4.01. The number of nitrogens with one attached hydrogen (secondary N) is 2. The van der Waals surface area contributed by atoms with Crippen molar-refractivity contribution in [1.82, 2.24) is 59.5 Å². The number of nitrogen functional groups attached to an aromatic ring is 1. The van der Waals surface area contributed by atoms with E-state index in [2.05, 4.69) is 65.8 Å². The Labute approximate surface area is 364 Å². The topological polar surface area (TPSA) is 189 Å². The molecule has 1 amide bonds. The van der Waals surface area contributed by atoms with Crippen molar-refractivity contribution in [2.24, 2.45) is 0 Å². The number of amides is 1. The number of hydrogen-bond donors (Lipinski definition) is 3. The van der Waals surface area contributed by atoms with Crippen molar-refractivity contribution in [2.45, 2.75) is 32.4 Å². The highest BCUT2D eigenvalue weighted by atomic mass is 79.9. The van der Waals surface area contributed by atoms with Crippen LogP contribution in [0.3, 0.4) is 0 Å². The number of nitrogens with two attached hydrogens (primary N) is 1. The molecule has 0 saturated carbocycles. The van der Waals surface area contributed by atoms with E-state index in [4.69, 9.17) is 30.5 Å². The Morgan fingerprint density at radius 1 is 0.984 bits per heavy atom. The van der Waals surface area contributed by atoms with Crippen LogP contribution in [0.4, 0.5) is 17.7 Å². The van der Waals surface area contributed by atoms with Gasteiger partial charge in [-0.15, -0.1) is 0 Å². The molecular weight excluding hydrogens is 850 g/mol. The Morgan fingerprint density at radius 2 is 1.79 bits per heavy atom. The van der Waals surface area contributed by atoms with E-state index < -0.39 is 0 Å². The molecule has 0 spiro atoms. The first kappa shape index (κ1) is 39.2. The molecule has 10 rings (SSSR count). The van der Waals surface area contributed by atoms with Gasteiger partial charge in [-0.2, -0.15) is 24.7 Å². The number of para-hydroxylation sites is 1. The number of rotatable bonds is 11. The molecule has 2 aliphatic rings. The fraction of sp³-hybridized carbons (Fsp3) is 0.273. The summed E-state index contributed by atoms with van der Waals surface area (Å²) in [5, 5.41) is 13.8. The first-order chi connectivity index (χ1) is 30.3. The molecule has 0 bridgehead atoms. The van der Waals surface area contributed by atoms with Gasteiger partial charge in [-0.05, 0) is 89.8 Å². The quantitative estimate of drug-likeness (QED) is 0.127. The maximum Gasteiger partial charge on any atom is 0.251 e. The van der Waals surface area contributed by atoms with Gasteiger partial charge in [0.15, 0.2) is 11.3 Å². The van der Waals surface area contributed by atoms with Crippen LogP contribution in [0.25, 0.3) is 39.0 Å². The summed E-state index contributed by atoms with van der Waals surface area (Å²) in [6, 6.07) is 23.3. The van der Waals surface area contributed by atoms with E-state index >= 15 is 0 Å². The van der Waals surface area contributed by atoms with Crippen molar-refractivity contribution in [3.05, 3.63) is 113 Å². The molecule has 2 fully saturated rings. The number of carbonyl (C=O) groups excluding carboxylic acids is 1. The van der Waals surface area contributed by atoms with E-state index in [1.165, 1.54) is 6.33 Å². The predicted octanol–water partition coefficient (Wildman–Crippen LogP) is 6.09. The number of benzene rings is 3. The number of imidazole rings is 1. The molecule has 4 N–H and O–H groups in total. The molecule has 2 saturated heterocycles. The Kier molecular flexibility index (Phi) is 10.4. The van der Waals surface area contributed by atoms with E-state index in [0.717, 1.165) is 71.4 Å². The van der Waals surface area contributed by atoms with Crippen LogP contribution in [0.15, 0.2) is 102 Å². The molecule has 3 aromatic carbocycles. The van der Waals surface area contributed by atoms with Crippen LogP contribution in [0.5, 0.6) is 11.5 Å². The van der Waals surface area contributed by atoms with Crippen molar-refractivity contribution in [2.75, 3.05) is 61.3 Å². The Balaban J connectivity index is 0.935. The first-order valence-electron chi connectivity index (χ1n) is 20.6. The lowest BCUT2D eigenvalue weighted by Gasteiger charge is -2.34. The lowest BCUT2D eigenvalue weighted by Crippen LogP contribution is -2.45. The van der Waals surface area contributed by atoms with Crippen LogP contribution < -0.4 is 25.6 Å². The summed E-state index contributed by atoms with van der Waals surface area (Å²) in [5.41, 5.74) is 12.6. The summed E-state index contributed by atoms with van der Waals surface area (Å²) >= 11 is 3.66. The molecule has 17 nitrogen and oxygen atoms in total. The molecular formula is C44H44BrN15O2. The second-order valence-corrected chi connectivity index (χ2v) is 16.5. The van der Waals surface area contributed by atoms with Gasteiger partial charge >= 0.3 is 0 Å². The summed E-state index contributed by atoms with van der Waals surface area (Å²) in [6.45, 7) is 11.0. The number of ether oxygens (including phenoxy) is 1. The molecule has 8 aromatic rings. The number of piperazine rings is 1. The van der Waals surface area contributed by atoms with Crippen molar-refractivity contribution in [3.8, 4) is 22.8 Å². The normalized spacial score (nSPS) is 15.7. The zero-order valence-electron chi connectivity index (χ0n) is 34.1. The molecule has 0 unspecified atom stereocenters. The van der Waals surface area contributed by atoms with Crippen molar-refractivity contribution in [3.63, 3.8) is 0 Å². The highest BCUT2D eigenvalue weighted by molar-refractivity contribution is 9.10. The van der Waals surface area contributed by atoms with Crippen LogP contribution in [-0.4, -0.2) is 106 Å². The number of aromatic nitrogens is 10. The summed E-state index contributed by atoms with van der Waals surface area (Å²) in [7, 11) is 0. The average molecular weight is 895 g/mol. The number of carbonyl (C=O) groups is 1. The van der Waals surface area contributed by atoms with Gasteiger partial charge in [0.1, 0.15) is 35.2 Å². The number of anilines is 3. The van der Waals surface area contributed by atoms with Crippen molar-refractivity contribution < 1.29 is 9.53 Å². The number of fused-ring (bicyclic) bond motifs is 3. The fourth-order valence-electron chi connectivity index (χ4n) is 8.28. The van der Waals surface area contributed by atoms with Gasteiger partial charge in [-0.25, -0.2) is 19.6 Å². The molecule has 7 heterocycles. The van der Waals surface area contributed by atoms with Gasteiger partial charge in [0.05, 0.1) is 46.2 Å². The lowest BCUT2D eigenvalue weighted by atomic mass is 10.0. The van der Waals surface area contributed by atoms with Crippen molar-refractivity contribution >= 4 is 67.3 Å². The number of H-pyrrole nitrogens is 1. The molecule has 18 heteroatoms. The van der Waals surface area contributed by atoms with Gasteiger partial charge in [0.25, 0.3) is 5.91 Å². The number of nitrogens with zero attached hydrogens (tertiary/aromatic N) is 12. The maximum atomic E-state index is 14.6. The van der Waals surface area contributed by atoms with Gasteiger partial charge in [0.2, 0.25) is 11.9 Å². The third kappa shape index (κ3) is 7.66. The number of aryl methyl sites for hydroxylation is 1. The van der Waals surface area contributed by atoms with E-state index in [1.807, 2.05) is 81.2 Å². The third-order valence-electron chi connectivity index (χ3n) is 11.3. The molecule has 314 valence electrons. The van der Waals surface area contributed by atoms with E-state index in [9.17, 15) is 4.79 Å². The van der Waals surface area contributed by atoms with E-state index in [-0.39, 0.29) is 18.5 Å². The number of likely N-dealkylation sites (tertiary alicyclic amines) is 1. The van der Waals surface area contributed by atoms with Gasteiger partial charge in [-0.3, -0.25) is 4.79 Å². The van der Waals surface area contributed by atoms with E-state index in [1.54, 1.807) is 10.7 Å². The minimum absolute atomic E-state index is 0.156. The minimum Gasteiger partial charge on any atom is -0.457 e. The van der Waals surface area contributed by atoms with E-state index in [0.29, 0.717) is 76.9 Å². The second kappa shape index (κ2) is 16.5. The third-order valence-corrected chi connectivity index (χ3v) is 11.9. The fourth-order valence-corrected chi connectivity index (χ4v) is 8.63. The molecule has 0 radical (unpaired) electrons. The highest BCUT2D eigenvalue weighted by Crippen LogP contribution is 2.35.